The first-order valence-electron chi connectivity index (χ1n) is 5.72. The van der Waals surface area contributed by atoms with Crippen molar-refractivity contribution in [2.75, 3.05) is 12.0 Å². The Morgan fingerprint density at radius 1 is 0.810 bits per heavy atom. The van der Waals surface area contributed by atoms with E-state index in [2.05, 4.69) is 37.5 Å². The Kier molecular flexibility index (Phi) is 30.5. The van der Waals surface area contributed by atoms with Crippen LogP contribution < -0.4 is 0 Å². The van der Waals surface area contributed by atoms with Crippen LogP contribution in [0.4, 0.5) is 0 Å². The minimum Gasteiger partial charge on any atom is -0.325 e. The van der Waals surface area contributed by atoms with Gasteiger partial charge in [0.15, 0.2) is 0 Å². The molecule has 0 atom stereocenters. The van der Waals surface area contributed by atoms with Gasteiger partial charge in [-0.05, 0) is 23.6 Å². The summed E-state index contributed by atoms with van der Waals surface area (Å²) in [6, 6.07) is 0. The van der Waals surface area contributed by atoms with Crippen molar-refractivity contribution in [1.29, 1.82) is 0 Å². The van der Waals surface area contributed by atoms with Crippen LogP contribution in [0.15, 0.2) is 0 Å². The van der Waals surface area contributed by atoms with Gasteiger partial charge in [0, 0.05) is 12.0 Å². The third-order valence-corrected chi connectivity index (χ3v) is 1.57. The molecule has 0 rings (SSSR count). The first kappa shape index (κ1) is 33.6. The monoisotopic (exact) mass is 410 g/mol. The molecule has 0 heterocycles. The van der Waals surface area contributed by atoms with E-state index in [-0.39, 0.29) is 5.75 Å². The van der Waals surface area contributed by atoms with Crippen molar-refractivity contribution < 1.29 is 37.8 Å². The zero-order chi connectivity index (χ0) is 18.9. The average Bonchev–Trinajstić information content (AvgIpc) is 2.15. The zero-order valence-corrected chi connectivity index (χ0v) is 17.3. The minimum absolute atomic E-state index is 0.243. The molecule has 0 radical (unpaired) electrons. The van der Waals surface area contributed by atoms with Crippen LogP contribution in [-0.2, 0) is 33.5 Å². The van der Waals surface area contributed by atoms with Gasteiger partial charge in [-0.1, -0.05) is 41.0 Å². The Morgan fingerprint density at radius 2 is 0.857 bits per heavy atom. The topological polar surface area (TPSA) is 156 Å². The van der Waals surface area contributed by atoms with Gasteiger partial charge >= 0.3 is 13.4 Å². The molecule has 13 heteroatoms. The van der Waals surface area contributed by atoms with Crippen LogP contribution in [0.1, 0.15) is 41.0 Å². The lowest BCUT2D eigenvalue weighted by atomic mass is 10.6. The zero-order valence-electron chi connectivity index (χ0n) is 13.0. The number of sulfone groups is 1. The van der Waals surface area contributed by atoms with Gasteiger partial charge in [-0.3, -0.25) is 0 Å². The van der Waals surface area contributed by atoms with Gasteiger partial charge in [-0.15, -0.1) is 0 Å². The molecule has 0 aromatic rings. The van der Waals surface area contributed by atoms with Crippen LogP contribution in [0, 0.1) is 0 Å². The third kappa shape index (κ3) is 472. The summed E-state index contributed by atoms with van der Waals surface area (Å²) in [4.78, 5) is 45.3. The van der Waals surface area contributed by atoms with Crippen molar-refractivity contribution in [2.24, 2.45) is 0 Å². The normalized spacial score (nSPS) is 10.1. The van der Waals surface area contributed by atoms with Crippen molar-refractivity contribution in [3.05, 3.63) is 0 Å². The Hall–Kier alpha value is 1.01. The summed E-state index contributed by atoms with van der Waals surface area (Å²) in [6.45, 7) is 2.26. The van der Waals surface area contributed by atoms with Crippen molar-refractivity contribution in [3.8, 4) is 0 Å². The number of hydrogen-bond donors (Lipinski definition) is 6. The lowest BCUT2D eigenvalue weighted by Gasteiger charge is -1.88. The predicted molar refractivity (Wildman–Crippen MR) is 94.6 cm³/mol. The standard InChI is InChI=1S/C3H8O2S.C3H8.C2H6.2H3O3PS/c1-3-6(2,4)5;1-3-2;1-2;2*1-4(2,3)5/h3H2,1-2H3;3H2,1-2H3;1-2H3;2*(H3,1,2,3,5). The summed E-state index contributed by atoms with van der Waals surface area (Å²) in [5.41, 5.74) is 0. The van der Waals surface area contributed by atoms with Crippen LogP contribution in [0.25, 0.3) is 0 Å². The van der Waals surface area contributed by atoms with E-state index < -0.39 is 23.3 Å². The fourth-order valence-electron chi connectivity index (χ4n) is 0. The molecule has 0 aromatic carbocycles. The molecular formula is C8H28O8P2S3. The summed E-state index contributed by atoms with van der Waals surface area (Å²) >= 11 is 7.21. The molecule has 0 fully saturated rings. The Labute approximate surface area is 137 Å². The molecule has 0 aromatic heterocycles. The van der Waals surface area contributed by atoms with Gasteiger partial charge in [0.2, 0.25) is 0 Å². The molecule has 0 aliphatic carbocycles. The molecule has 6 N–H and O–H groups in total. The highest BCUT2D eigenvalue weighted by atomic mass is 32.5. The van der Waals surface area contributed by atoms with Crippen LogP contribution in [0.2, 0.25) is 0 Å². The molecule has 21 heavy (non-hydrogen) atoms. The number of rotatable bonds is 1. The maximum absolute atomic E-state index is 10.0. The highest BCUT2D eigenvalue weighted by Crippen LogP contribution is 2.26. The summed E-state index contributed by atoms with van der Waals surface area (Å²) in [5, 5.41) is 0. The van der Waals surface area contributed by atoms with E-state index in [1.807, 2.05) is 13.8 Å². The second-order valence-electron chi connectivity index (χ2n) is 2.95. The fraction of sp³-hybridized carbons (Fsp3) is 1.00. The molecule has 0 aliphatic heterocycles. The van der Waals surface area contributed by atoms with Crippen molar-refractivity contribution >= 4 is 46.9 Å². The van der Waals surface area contributed by atoms with Gasteiger partial charge in [-0.25, -0.2) is 8.42 Å². The largest absolute Gasteiger partial charge is 0.325 e. The van der Waals surface area contributed by atoms with Gasteiger partial charge in [0.1, 0.15) is 9.84 Å². The summed E-state index contributed by atoms with van der Waals surface area (Å²) in [7, 11) is -2.66. The van der Waals surface area contributed by atoms with E-state index in [9.17, 15) is 8.42 Å². The quantitative estimate of drug-likeness (QED) is 0.343. The van der Waals surface area contributed by atoms with Crippen molar-refractivity contribution in [2.45, 2.75) is 41.0 Å². The second-order valence-corrected chi connectivity index (χ2v) is 10.4. The summed E-state index contributed by atoms with van der Waals surface area (Å²) < 4.78 is 20.0. The molecule has 136 valence electrons. The van der Waals surface area contributed by atoms with Gasteiger partial charge in [-0.2, -0.15) is 0 Å². The molecule has 0 spiro atoms. The first-order valence-corrected chi connectivity index (χ1v) is 13.1. The van der Waals surface area contributed by atoms with Crippen LogP contribution in [-0.4, -0.2) is 49.8 Å². The van der Waals surface area contributed by atoms with Crippen LogP contribution in [0.5, 0.6) is 0 Å². The maximum Gasteiger partial charge on any atom is 0.319 e. The SMILES string of the molecule is CC.CCC.CCS(C)(=O)=O.OP(O)(O)=S.OP(O)(O)=S. The molecule has 0 amide bonds. The molecule has 0 saturated heterocycles. The Balaban J connectivity index is -0.0000000532. The second kappa shape index (κ2) is 19.1. The first-order chi connectivity index (χ1) is 8.97. The molecule has 8 nitrogen and oxygen atoms in total. The Morgan fingerprint density at radius 3 is 0.857 bits per heavy atom. The smallest absolute Gasteiger partial charge is 0.319 e. The summed E-state index contributed by atoms with van der Waals surface area (Å²) in [6.07, 6.45) is 2.47. The molecule has 0 unspecified atom stereocenters. The van der Waals surface area contributed by atoms with E-state index in [1.54, 1.807) is 6.92 Å². The summed E-state index contributed by atoms with van der Waals surface area (Å²) in [5.74, 6) is 0.243. The van der Waals surface area contributed by atoms with Crippen LogP contribution in [0.3, 0.4) is 0 Å². The van der Waals surface area contributed by atoms with Crippen molar-refractivity contribution in [1.82, 2.24) is 0 Å². The van der Waals surface area contributed by atoms with Crippen molar-refractivity contribution in [3.63, 3.8) is 0 Å². The highest BCUT2D eigenvalue weighted by molar-refractivity contribution is 8.06. The van der Waals surface area contributed by atoms with E-state index >= 15 is 0 Å². The molecular weight excluding hydrogens is 382 g/mol. The average molecular weight is 410 g/mol. The highest BCUT2D eigenvalue weighted by Gasteiger charge is 1.92. The van der Waals surface area contributed by atoms with E-state index in [0.717, 1.165) is 0 Å². The lowest BCUT2D eigenvalue weighted by Crippen LogP contribution is -1.96. The minimum atomic E-state index is -3.81. The fourth-order valence-corrected chi connectivity index (χ4v) is 0. The van der Waals surface area contributed by atoms with E-state index in [4.69, 9.17) is 29.4 Å². The maximum atomic E-state index is 10.0. The lowest BCUT2D eigenvalue weighted by molar-refractivity contribution is 0.361. The van der Waals surface area contributed by atoms with E-state index in [0.29, 0.717) is 0 Å². The van der Waals surface area contributed by atoms with Gasteiger partial charge < -0.3 is 29.4 Å². The number of hydrogen-bond acceptors (Lipinski definition) is 4. The molecule has 0 saturated carbocycles. The molecule has 0 aliphatic rings. The van der Waals surface area contributed by atoms with Crippen LogP contribution >= 0.6 is 13.4 Å². The predicted octanol–water partition coefficient (Wildman–Crippen LogP) is 0.869. The van der Waals surface area contributed by atoms with Gasteiger partial charge in [0.25, 0.3) is 0 Å². The molecule has 0 bridgehead atoms. The van der Waals surface area contributed by atoms with E-state index in [1.165, 1.54) is 12.7 Å². The van der Waals surface area contributed by atoms with Gasteiger partial charge in [0.05, 0.1) is 0 Å². The third-order valence-electron chi connectivity index (χ3n) is 0.524. The Bertz CT molecular complexity index is 336.